The Morgan fingerprint density at radius 1 is 1.41 bits per heavy atom. The molecular weight excluding hydrogens is 242 g/mol. The quantitative estimate of drug-likeness (QED) is 0.822. The molecule has 94 valence electrons. The number of amides is 1. The highest BCUT2D eigenvalue weighted by molar-refractivity contribution is 6.27. The van der Waals surface area contributed by atoms with Crippen LogP contribution in [0.4, 0.5) is 0 Å². The zero-order valence-electron chi connectivity index (χ0n) is 10.1. The Kier molecular flexibility index (Phi) is 5.10. The number of nitrogens with one attached hydrogen (secondary N) is 1. The molecular formula is C12H16ClNO3. The molecule has 0 saturated carbocycles. The van der Waals surface area contributed by atoms with Crippen LogP contribution in [0.5, 0.6) is 11.5 Å². The van der Waals surface area contributed by atoms with Crippen molar-refractivity contribution < 1.29 is 14.3 Å². The maximum atomic E-state index is 11.2. The van der Waals surface area contributed by atoms with Crippen LogP contribution in [0.3, 0.4) is 0 Å². The molecule has 0 heterocycles. The molecule has 17 heavy (non-hydrogen) atoms. The van der Waals surface area contributed by atoms with Crippen molar-refractivity contribution in [2.45, 2.75) is 13.0 Å². The second-order valence-electron chi connectivity index (χ2n) is 3.53. The number of carbonyl (C=O) groups excluding carboxylic acids is 1. The first-order chi connectivity index (χ1) is 8.12. The fraction of sp³-hybridized carbons (Fsp3) is 0.417. The topological polar surface area (TPSA) is 47.6 Å². The Balaban J connectivity index is 2.92. The largest absolute Gasteiger partial charge is 0.497 e. The number of hydrogen-bond acceptors (Lipinski definition) is 3. The lowest BCUT2D eigenvalue weighted by molar-refractivity contribution is -0.119. The number of halogens is 1. The Labute approximate surface area is 106 Å². The van der Waals surface area contributed by atoms with Gasteiger partial charge in [-0.1, -0.05) is 0 Å². The number of carbonyl (C=O) groups is 1. The molecule has 0 aliphatic carbocycles. The molecule has 0 bridgehead atoms. The first-order valence-electron chi connectivity index (χ1n) is 5.19. The van der Waals surface area contributed by atoms with E-state index in [1.807, 2.05) is 19.1 Å². The summed E-state index contributed by atoms with van der Waals surface area (Å²) in [5.74, 6) is 1.12. The van der Waals surface area contributed by atoms with Crippen LogP contribution in [0, 0.1) is 0 Å². The van der Waals surface area contributed by atoms with Crippen molar-refractivity contribution >= 4 is 17.5 Å². The summed E-state index contributed by atoms with van der Waals surface area (Å²) < 4.78 is 10.4. The van der Waals surface area contributed by atoms with Gasteiger partial charge in [0, 0.05) is 11.6 Å². The number of hydrogen-bond donors (Lipinski definition) is 1. The first kappa shape index (κ1) is 13.6. The van der Waals surface area contributed by atoms with E-state index in [0.29, 0.717) is 11.5 Å². The minimum atomic E-state index is -0.211. The molecule has 0 fully saturated rings. The summed E-state index contributed by atoms with van der Waals surface area (Å²) >= 11 is 5.44. The Morgan fingerprint density at radius 2 is 2.12 bits per heavy atom. The number of rotatable bonds is 5. The fourth-order valence-electron chi connectivity index (χ4n) is 1.53. The average molecular weight is 258 g/mol. The highest BCUT2D eigenvalue weighted by Gasteiger charge is 2.14. The summed E-state index contributed by atoms with van der Waals surface area (Å²) in [5.41, 5.74) is 0.881. The number of benzene rings is 1. The van der Waals surface area contributed by atoms with Crippen molar-refractivity contribution in [3.63, 3.8) is 0 Å². The van der Waals surface area contributed by atoms with E-state index in [1.165, 1.54) is 0 Å². The summed E-state index contributed by atoms with van der Waals surface area (Å²) in [6, 6.07) is 5.29. The van der Waals surface area contributed by atoms with Gasteiger partial charge in [-0.2, -0.15) is 0 Å². The van der Waals surface area contributed by atoms with E-state index in [0.717, 1.165) is 5.56 Å². The lowest BCUT2D eigenvalue weighted by Gasteiger charge is -2.17. The van der Waals surface area contributed by atoms with Crippen molar-refractivity contribution in [3.05, 3.63) is 23.8 Å². The highest BCUT2D eigenvalue weighted by atomic mass is 35.5. The van der Waals surface area contributed by atoms with Crippen LogP contribution < -0.4 is 14.8 Å². The van der Waals surface area contributed by atoms with Gasteiger partial charge >= 0.3 is 0 Å². The Hall–Kier alpha value is -1.42. The average Bonchev–Trinajstić information content (AvgIpc) is 2.37. The smallest absolute Gasteiger partial charge is 0.235 e. The molecule has 0 aliphatic heterocycles. The summed E-state index contributed by atoms with van der Waals surface area (Å²) in [6.45, 7) is 1.87. The third-order valence-corrected chi connectivity index (χ3v) is 2.65. The van der Waals surface area contributed by atoms with Gasteiger partial charge in [0.25, 0.3) is 0 Å². The normalized spacial score (nSPS) is 11.8. The van der Waals surface area contributed by atoms with Crippen molar-refractivity contribution in [1.29, 1.82) is 0 Å². The van der Waals surface area contributed by atoms with E-state index < -0.39 is 0 Å². The van der Waals surface area contributed by atoms with Gasteiger partial charge in [-0.15, -0.1) is 11.6 Å². The van der Waals surface area contributed by atoms with Crippen molar-refractivity contribution in [2.24, 2.45) is 0 Å². The van der Waals surface area contributed by atoms with E-state index >= 15 is 0 Å². The molecule has 4 nitrogen and oxygen atoms in total. The molecule has 0 saturated heterocycles. The van der Waals surface area contributed by atoms with E-state index in [2.05, 4.69) is 5.32 Å². The van der Waals surface area contributed by atoms with E-state index in [9.17, 15) is 4.79 Å². The minimum Gasteiger partial charge on any atom is -0.497 e. The predicted octanol–water partition coefficient (Wildman–Crippen LogP) is 2.12. The van der Waals surface area contributed by atoms with Crippen LogP contribution >= 0.6 is 11.6 Å². The van der Waals surface area contributed by atoms with Gasteiger partial charge < -0.3 is 14.8 Å². The van der Waals surface area contributed by atoms with Gasteiger partial charge in [-0.25, -0.2) is 0 Å². The summed E-state index contributed by atoms with van der Waals surface area (Å²) in [6.07, 6.45) is 0. The van der Waals surface area contributed by atoms with Crippen LogP contribution in [0.1, 0.15) is 18.5 Å². The molecule has 0 aromatic heterocycles. The van der Waals surface area contributed by atoms with Crippen LogP contribution in [0.2, 0.25) is 0 Å². The van der Waals surface area contributed by atoms with Crippen LogP contribution in [-0.2, 0) is 4.79 Å². The minimum absolute atomic E-state index is 0.0528. The molecule has 1 rings (SSSR count). The van der Waals surface area contributed by atoms with Crippen LogP contribution in [0.15, 0.2) is 18.2 Å². The van der Waals surface area contributed by atoms with E-state index in [-0.39, 0.29) is 17.8 Å². The number of ether oxygens (including phenoxy) is 2. The molecule has 0 radical (unpaired) electrons. The van der Waals surface area contributed by atoms with Crippen LogP contribution in [-0.4, -0.2) is 26.0 Å². The summed E-state index contributed by atoms with van der Waals surface area (Å²) in [5, 5.41) is 2.77. The van der Waals surface area contributed by atoms with Gasteiger partial charge in [0.2, 0.25) is 5.91 Å². The van der Waals surface area contributed by atoms with Crippen molar-refractivity contribution in [1.82, 2.24) is 5.32 Å². The van der Waals surface area contributed by atoms with Gasteiger partial charge in [0.1, 0.15) is 17.4 Å². The Morgan fingerprint density at radius 3 is 2.65 bits per heavy atom. The third kappa shape index (κ3) is 3.53. The molecule has 0 aliphatic rings. The van der Waals surface area contributed by atoms with E-state index in [4.69, 9.17) is 21.1 Å². The maximum absolute atomic E-state index is 11.2. The predicted molar refractivity (Wildman–Crippen MR) is 66.8 cm³/mol. The van der Waals surface area contributed by atoms with E-state index in [1.54, 1.807) is 20.3 Å². The van der Waals surface area contributed by atoms with Crippen molar-refractivity contribution in [3.8, 4) is 11.5 Å². The monoisotopic (exact) mass is 257 g/mol. The van der Waals surface area contributed by atoms with Gasteiger partial charge in [-0.05, 0) is 19.1 Å². The SMILES string of the molecule is COc1ccc(C(C)NC(=O)CCl)c(OC)c1. The number of alkyl halides is 1. The zero-order chi connectivity index (χ0) is 12.8. The first-order valence-corrected chi connectivity index (χ1v) is 5.73. The fourth-order valence-corrected chi connectivity index (χ4v) is 1.61. The molecule has 1 aromatic carbocycles. The lowest BCUT2D eigenvalue weighted by atomic mass is 10.1. The lowest BCUT2D eigenvalue weighted by Crippen LogP contribution is -2.27. The molecule has 1 N–H and O–H groups in total. The molecule has 1 amide bonds. The number of methoxy groups -OCH3 is 2. The van der Waals surface area contributed by atoms with Gasteiger partial charge in [0.15, 0.2) is 0 Å². The summed E-state index contributed by atoms with van der Waals surface area (Å²) in [4.78, 5) is 11.2. The van der Waals surface area contributed by atoms with Crippen LogP contribution in [0.25, 0.3) is 0 Å². The maximum Gasteiger partial charge on any atom is 0.235 e. The molecule has 0 spiro atoms. The second-order valence-corrected chi connectivity index (χ2v) is 3.80. The molecule has 1 unspecified atom stereocenters. The van der Waals surface area contributed by atoms with Gasteiger partial charge in [-0.3, -0.25) is 4.79 Å². The molecule has 1 aromatic rings. The highest BCUT2D eigenvalue weighted by Crippen LogP contribution is 2.29. The molecule has 1 atom stereocenters. The van der Waals surface area contributed by atoms with Crippen molar-refractivity contribution in [2.75, 3.05) is 20.1 Å². The summed E-state index contributed by atoms with van der Waals surface area (Å²) in [7, 11) is 3.17. The molecule has 5 heteroatoms. The zero-order valence-corrected chi connectivity index (χ0v) is 10.9. The Bertz CT molecular complexity index is 395. The van der Waals surface area contributed by atoms with Gasteiger partial charge in [0.05, 0.1) is 20.3 Å². The third-order valence-electron chi connectivity index (χ3n) is 2.41. The standard InChI is InChI=1S/C12H16ClNO3/c1-8(14-12(15)7-13)10-5-4-9(16-2)6-11(10)17-3/h4-6,8H,7H2,1-3H3,(H,14,15). The second kappa shape index (κ2) is 6.35.